The van der Waals surface area contributed by atoms with Gasteiger partial charge in [-0.2, -0.15) is 0 Å². The Balaban J connectivity index is 0.981. The highest BCUT2D eigenvalue weighted by molar-refractivity contribution is 5.95. The minimum Gasteiger partial charge on any atom is -0.379 e. The number of carbonyl (C=O) groups is 2. The summed E-state index contributed by atoms with van der Waals surface area (Å²) in [5.74, 6) is 6.07. The second kappa shape index (κ2) is 20.2. The van der Waals surface area contributed by atoms with Crippen LogP contribution in [0.5, 0.6) is 0 Å². The number of anilines is 2. The van der Waals surface area contributed by atoms with Crippen molar-refractivity contribution in [1.82, 2.24) is 5.32 Å². The molecule has 1 aliphatic heterocycles. The van der Waals surface area contributed by atoms with Crippen molar-refractivity contribution >= 4 is 34.6 Å². The molecule has 0 aliphatic carbocycles. The SMILES string of the molecule is O=C(CCOCCOCCOCCOCCNc1ccc([N+](=O)[O-])cc1[N+](=O)[O-])NCCC(=O)N1Cc2ccccc2C#Cc2ccccc21. The molecule has 1 heterocycles. The van der Waals surface area contributed by atoms with E-state index in [9.17, 15) is 29.8 Å². The number of nitrogens with zero attached hydrogens (tertiary/aromatic N) is 3. The van der Waals surface area contributed by atoms with Crippen LogP contribution in [0.1, 0.15) is 29.5 Å². The van der Waals surface area contributed by atoms with Gasteiger partial charge in [-0.3, -0.25) is 29.8 Å². The molecule has 0 spiro atoms. The van der Waals surface area contributed by atoms with E-state index in [-0.39, 0.29) is 68.0 Å². The van der Waals surface area contributed by atoms with Crippen molar-refractivity contribution in [3.63, 3.8) is 0 Å². The van der Waals surface area contributed by atoms with E-state index >= 15 is 0 Å². The van der Waals surface area contributed by atoms with Gasteiger partial charge in [0.1, 0.15) is 5.69 Å². The smallest absolute Gasteiger partial charge is 0.299 e. The largest absolute Gasteiger partial charge is 0.379 e. The number of rotatable bonds is 21. The molecule has 0 radical (unpaired) electrons. The monoisotopic (exact) mass is 689 g/mol. The van der Waals surface area contributed by atoms with E-state index in [0.717, 1.165) is 28.4 Å². The standard InChI is InChI=1S/C35H39N5O10/c41-34(37-15-13-35(42)38-26-29-7-2-1-5-27(29)9-10-28-6-3-4-8-32(28)38)14-17-47-19-21-49-23-24-50-22-20-48-18-16-36-31-12-11-30(39(43)44)25-33(31)40(45)46/h1-8,11-12,25,36H,13-24,26H2,(H,37,41). The maximum Gasteiger partial charge on any atom is 0.299 e. The van der Waals surface area contributed by atoms with Crippen LogP contribution < -0.4 is 15.5 Å². The van der Waals surface area contributed by atoms with E-state index in [2.05, 4.69) is 22.5 Å². The lowest BCUT2D eigenvalue weighted by Gasteiger charge is -2.26. The quantitative estimate of drug-likeness (QED) is 0.0717. The summed E-state index contributed by atoms with van der Waals surface area (Å²) >= 11 is 0. The minimum atomic E-state index is -0.690. The van der Waals surface area contributed by atoms with Gasteiger partial charge in [-0.1, -0.05) is 42.2 Å². The summed E-state index contributed by atoms with van der Waals surface area (Å²) in [5, 5.41) is 27.6. The molecule has 3 aromatic carbocycles. The van der Waals surface area contributed by atoms with E-state index in [0.29, 0.717) is 46.2 Å². The first-order valence-electron chi connectivity index (χ1n) is 16.1. The molecule has 0 unspecified atom stereocenters. The molecule has 1 aliphatic rings. The molecule has 15 heteroatoms. The average molecular weight is 690 g/mol. The molecular formula is C35H39N5O10. The Labute approximate surface area is 289 Å². The third-order valence-electron chi connectivity index (χ3n) is 7.37. The van der Waals surface area contributed by atoms with Gasteiger partial charge in [0.2, 0.25) is 11.8 Å². The van der Waals surface area contributed by atoms with E-state index < -0.39 is 9.85 Å². The molecule has 15 nitrogen and oxygen atoms in total. The Morgan fingerprint density at radius 2 is 1.34 bits per heavy atom. The van der Waals surface area contributed by atoms with Crippen molar-refractivity contribution in [2.75, 3.05) is 76.2 Å². The minimum absolute atomic E-state index is 0.106. The molecule has 0 saturated heterocycles. The number of carbonyl (C=O) groups excluding carboxylic acids is 2. The van der Waals surface area contributed by atoms with Gasteiger partial charge in [-0.15, -0.1) is 0 Å². The Bertz CT molecular complexity index is 1690. The van der Waals surface area contributed by atoms with E-state index in [1.807, 2.05) is 48.5 Å². The lowest BCUT2D eigenvalue weighted by atomic mass is 10.0. The molecule has 0 bridgehead atoms. The molecule has 2 N–H and O–H groups in total. The lowest BCUT2D eigenvalue weighted by Crippen LogP contribution is -2.35. The van der Waals surface area contributed by atoms with Crippen LogP contribution in [0, 0.1) is 32.1 Å². The third kappa shape index (κ3) is 11.9. The number of non-ortho nitro benzene ring substituents is 1. The van der Waals surface area contributed by atoms with Crippen molar-refractivity contribution in [1.29, 1.82) is 0 Å². The van der Waals surface area contributed by atoms with Gasteiger partial charge < -0.3 is 34.5 Å². The summed E-state index contributed by atoms with van der Waals surface area (Å²) in [6, 6.07) is 18.7. The van der Waals surface area contributed by atoms with Crippen LogP contribution in [0.4, 0.5) is 22.7 Å². The van der Waals surface area contributed by atoms with E-state index in [4.69, 9.17) is 18.9 Å². The van der Waals surface area contributed by atoms with E-state index in [1.54, 1.807) is 4.90 Å². The van der Waals surface area contributed by atoms with Crippen LogP contribution in [0.15, 0.2) is 66.7 Å². The Kier molecular flexibility index (Phi) is 15.1. The van der Waals surface area contributed by atoms with Gasteiger partial charge in [0, 0.05) is 43.1 Å². The summed E-state index contributed by atoms with van der Waals surface area (Å²) in [6.07, 6.45) is 0.305. The molecular weight excluding hydrogens is 650 g/mol. The second-order valence-corrected chi connectivity index (χ2v) is 10.8. The van der Waals surface area contributed by atoms with Gasteiger partial charge in [0.15, 0.2) is 0 Å². The van der Waals surface area contributed by atoms with Crippen LogP contribution >= 0.6 is 0 Å². The third-order valence-corrected chi connectivity index (χ3v) is 7.37. The van der Waals surface area contributed by atoms with Crippen molar-refractivity contribution in [2.24, 2.45) is 0 Å². The molecule has 0 saturated carbocycles. The fourth-order valence-corrected chi connectivity index (χ4v) is 4.86. The number of benzene rings is 3. The molecule has 0 aromatic heterocycles. The maximum atomic E-state index is 13.2. The molecule has 4 rings (SSSR count). The molecule has 264 valence electrons. The van der Waals surface area contributed by atoms with Crippen LogP contribution in [-0.2, 0) is 35.1 Å². The number of para-hydroxylation sites is 1. The summed E-state index contributed by atoms with van der Waals surface area (Å²) in [6.45, 7) is 3.32. The Morgan fingerprint density at radius 1 is 0.720 bits per heavy atom. The first-order valence-corrected chi connectivity index (χ1v) is 16.1. The van der Waals surface area contributed by atoms with Gasteiger partial charge in [-0.05, 0) is 29.8 Å². The van der Waals surface area contributed by atoms with Crippen molar-refractivity contribution < 1.29 is 38.4 Å². The summed E-state index contributed by atoms with van der Waals surface area (Å²) in [7, 11) is 0. The lowest BCUT2D eigenvalue weighted by molar-refractivity contribution is -0.393. The van der Waals surface area contributed by atoms with Crippen molar-refractivity contribution in [3.05, 3.63) is 104 Å². The van der Waals surface area contributed by atoms with Crippen LogP contribution in [0.3, 0.4) is 0 Å². The summed E-state index contributed by atoms with van der Waals surface area (Å²) in [5.41, 5.74) is 2.82. The van der Waals surface area contributed by atoms with Crippen LogP contribution in [0.25, 0.3) is 0 Å². The van der Waals surface area contributed by atoms with Crippen LogP contribution in [-0.4, -0.2) is 87.6 Å². The average Bonchev–Trinajstić information content (AvgIpc) is 3.10. The topological polar surface area (TPSA) is 185 Å². The zero-order valence-electron chi connectivity index (χ0n) is 27.5. The number of hydrogen-bond donors (Lipinski definition) is 2. The predicted molar refractivity (Wildman–Crippen MR) is 184 cm³/mol. The highest BCUT2D eigenvalue weighted by Crippen LogP contribution is 2.29. The van der Waals surface area contributed by atoms with E-state index in [1.165, 1.54) is 12.1 Å². The first kappa shape index (κ1) is 37.4. The number of nitrogens with one attached hydrogen (secondary N) is 2. The zero-order valence-corrected chi connectivity index (χ0v) is 27.5. The highest BCUT2D eigenvalue weighted by atomic mass is 16.6. The number of amides is 2. The van der Waals surface area contributed by atoms with Crippen LogP contribution in [0.2, 0.25) is 0 Å². The number of hydrogen-bond acceptors (Lipinski definition) is 11. The summed E-state index contributed by atoms with van der Waals surface area (Å²) < 4.78 is 21.8. The normalized spacial score (nSPS) is 11.6. The number of ether oxygens (including phenoxy) is 4. The van der Waals surface area contributed by atoms with Crippen molar-refractivity contribution in [2.45, 2.75) is 19.4 Å². The molecule has 0 fully saturated rings. The fraction of sp³-hybridized carbons (Fsp3) is 0.371. The van der Waals surface area contributed by atoms with Gasteiger partial charge in [0.25, 0.3) is 11.4 Å². The Morgan fingerprint density at radius 3 is 2.04 bits per heavy atom. The Hall–Kier alpha value is -5.40. The molecule has 50 heavy (non-hydrogen) atoms. The highest BCUT2D eigenvalue weighted by Gasteiger charge is 2.21. The van der Waals surface area contributed by atoms with Gasteiger partial charge >= 0.3 is 0 Å². The number of nitro benzene ring substituents is 2. The maximum absolute atomic E-state index is 13.2. The summed E-state index contributed by atoms with van der Waals surface area (Å²) in [4.78, 5) is 47.9. The predicted octanol–water partition coefficient (Wildman–Crippen LogP) is 3.82. The van der Waals surface area contributed by atoms with Crippen molar-refractivity contribution in [3.8, 4) is 11.8 Å². The molecule has 3 aromatic rings. The fourth-order valence-electron chi connectivity index (χ4n) is 4.86. The molecule has 2 amide bonds. The number of nitro groups is 2. The van der Waals surface area contributed by atoms with Gasteiger partial charge in [-0.25, -0.2) is 0 Å². The first-order chi connectivity index (χ1) is 24.3. The second-order valence-electron chi connectivity index (χ2n) is 10.8. The number of fused-ring (bicyclic) bond motifs is 2. The molecule has 0 atom stereocenters. The van der Waals surface area contributed by atoms with Gasteiger partial charge in [0.05, 0.1) is 81.0 Å². The zero-order chi connectivity index (χ0) is 35.6.